The van der Waals surface area contributed by atoms with Crippen molar-refractivity contribution in [3.05, 3.63) is 0 Å². The van der Waals surface area contributed by atoms with Gasteiger partial charge >= 0.3 is 0 Å². The highest BCUT2D eigenvalue weighted by Crippen LogP contribution is 2.15. The molecule has 78 valence electrons. The molecule has 0 saturated carbocycles. The maximum absolute atomic E-state index is 5.70. The van der Waals surface area contributed by atoms with Gasteiger partial charge in [-0.3, -0.25) is 0 Å². The number of hydrogen-bond acceptors (Lipinski definition) is 3. The van der Waals surface area contributed by atoms with Crippen molar-refractivity contribution in [2.24, 2.45) is 11.7 Å². The fraction of sp³-hybridized carbons (Fsp3) is 1.00. The van der Waals surface area contributed by atoms with E-state index < -0.39 is 0 Å². The molecule has 13 heavy (non-hydrogen) atoms. The highest BCUT2D eigenvalue weighted by atomic mass is 16.5. The summed E-state index contributed by atoms with van der Waals surface area (Å²) in [6.07, 6.45) is 2.43. The largest absolute Gasteiger partial charge is 0.381 e. The molecular formula is C10H21NO2. The zero-order valence-electron chi connectivity index (χ0n) is 8.66. The molecule has 0 spiro atoms. The number of rotatable bonds is 4. The molecule has 1 aliphatic heterocycles. The van der Waals surface area contributed by atoms with Crippen LogP contribution >= 0.6 is 0 Å². The summed E-state index contributed by atoms with van der Waals surface area (Å²) in [4.78, 5) is 0. The van der Waals surface area contributed by atoms with Crippen LogP contribution in [0.3, 0.4) is 0 Å². The van der Waals surface area contributed by atoms with E-state index in [4.69, 9.17) is 15.2 Å². The minimum Gasteiger partial charge on any atom is -0.381 e. The van der Waals surface area contributed by atoms with Crippen LogP contribution in [0.5, 0.6) is 0 Å². The number of nitrogens with two attached hydrogens (primary N) is 1. The summed E-state index contributed by atoms with van der Waals surface area (Å²) >= 11 is 0. The second-order valence-electron chi connectivity index (χ2n) is 3.95. The molecule has 0 bridgehead atoms. The maximum Gasteiger partial charge on any atom is 0.0695 e. The molecule has 0 aromatic carbocycles. The minimum absolute atomic E-state index is 0.125. The van der Waals surface area contributed by atoms with E-state index in [2.05, 4.69) is 0 Å². The van der Waals surface area contributed by atoms with E-state index in [1.165, 1.54) is 0 Å². The summed E-state index contributed by atoms with van der Waals surface area (Å²) < 4.78 is 10.9. The van der Waals surface area contributed by atoms with Gasteiger partial charge in [0.15, 0.2) is 0 Å². The first kappa shape index (κ1) is 11.0. The molecule has 1 saturated heterocycles. The second kappa shape index (κ2) is 5.58. The van der Waals surface area contributed by atoms with Gasteiger partial charge in [0.05, 0.1) is 6.10 Å². The Kier molecular flexibility index (Phi) is 4.70. The van der Waals surface area contributed by atoms with Gasteiger partial charge in [0.2, 0.25) is 0 Å². The van der Waals surface area contributed by atoms with Crippen LogP contribution in [0.25, 0.3) is 0 Å². The van der Waals surface area contributed by atoms with Crippen molar-refractivity contribution in [3.8, 4) is 0 Å². The van der Waals surface area contributed by atoms with Crippen molar-refractivity contribution in [1.82, 2.24) is 0 Å². The lowest BCUT2D eigenvalue weighted by Crippen LogP contribution is -2.33. The predicted octanol–water partition coefficient (Wildman–Crippen LogP) is 1.17. The molecule has 3 nitrogen and oxygen atoms in total. The van der Waals surface area contributed by atoms with Gasteiger partial charge in [0.1, 0.15) is 0 Å². The van der Waals surface area contributed by atoms with Crippen molar-refractivity contribution in [1.29, 1.82) is 0 Å². The number of ether oxygens (including phenoxy) is 2. The molecule has 2 unspecified atom stereocenters. The Bertz CT molecular complexity index is 133. The van der Waals surface area contributed by atoms with Crippen molar-refractivity contribution in [2.75, 3.05) is 19.8 Å². The zero-order valence-corrected chi connectivity index (χ0v) is 8.66. The molecule has 0 aliphatic carbocycles. The Balaban J connectivity index is 2.10. The fourth-order valence-corrected chi connectivity index (χ4v) is 1.35. The van der Waals surface area contributed by atoms with E-state index in [0.29, 0.717) is 5.92 Å². The third kappa shape index (κ3) is 4.07. The Morgan fingerprint density at radius 1 is 1.38 bits per heavy atom. The van der Waals surface area contributed by atoms with Crippen molar-refractivity contribution in [3.63, 3.8) is 0 Å². The predicted molar refractivity (Wildman–Crippen MR) is 52.6 cm³/mol. The number of hydrogen-bond donors (Lipinski definition) is 1. The third-order valence-electron chi connectivity index (χ3n) is 2.68. The van der Waals surface area contributed by atoms with Crippen LogP contribution in [0.4, 0.5) is 0 Å². The summed E-state index contributed by atoms with van der Waals surface area (Å²) in [6.45, 7) is 6.63. The van der Waals surface area contributed by atoms with Crippen molar-refractivity contribution >= 4 is 0 Å². The van der Waals surface area contributed by atoms with Gasteiger partial charge in [-0.2, -0.15) is 0 Å². The first-order valence-electron chi connectivity index (χ1n) is 5.15. The molecule has 0 aromatic heterocycles. The van der Waals surface area contributed by atoms with Crippen LogP contribution in [-0.2, 0) is 9.47 Å². The van der Waals surface area contributed by atoms with Gasteiger partial charge in [-0.15, -0.1) is 0 Å². The molecule has 2 N–H and O–H groups in total. The Hall–Kier alpha value is -0.120. The molecule has 3 heteroatoms. The maximum atomic E-state index is 5.70. The van der Waals surface area contributed by atoms with Crippen LogP contribution in [0.15, 0.2) is 0 Å². The average molecular weight is 187 g/mol. The molecular weight excluding hydrogens is 166 g/mol. The second-order valence-corrected chi connectivity index (χ2v) is 3.95. The first-order valence-corrected chi connectivity index (χ1v) is 5.15. The summed E-state index contributed by atoms with van der Waals surface area (Å²) in [6, 6.07) is 0.125. The summed E-state index contributed by atoms with van der Waals surface area (Å²) in [5.74, 6) is 0.676. The highest BCUT2D eigenvalue weighted by molar-refractivity contribution is 4.66. The molecule has 1 rings (SSSR count). The van der Waals surface area contributed by atoms with Crippen molar-refractivity contribution < 1.29 is 9.47 Å². The highest BCUT2D eigenvalue weighted by Gasteiger charge is 2.16. The van der Waals surface area contributed by atoms with Crippen LogP contribution in [0.1, 0.15) is 26.7 Å². The van der Waals surface area contributed by atoms with Crippen molar-refractivity contribution in [2.45, 2.75) is 38.8 Å². The van der Waals surface area contributed by atoms with Crippen LogP contribution in [-0.4, -0.2) is 32.0 Å². The van der Waals surface area contributed by atoms with Gasteiger partial charge < -0.3 is 15.2 Å². The van der Waals surface area contributed by atoms with Crippen LogP contribution in [0, 0.1) is 5.92 Å². The quantitative estimate of drug-likeness (QED) is 0.718. The molecule has 0 radical (unpaired) electrons. The van der Waals surface area contributed by atoms with E-state index in [1.54, 1.807) is 0 Å². The van der Waals surface area contributed by atoms with Crippen LogP contribution < -0.4 is 5.73 Å². The first-order chi connectivity index (χ1) is 6.20. The summed E-state index contributed by atoms with van der Waals surface area (Å²) in [7, 11) is 0. The topological polar surface area (TPSA) is 44.5 Å². The van der Waals surface area contributed by atoms with Gasteiger partial charge in [-0.1, -0.05) is 0 Å². The molecule has 2 atom stereocenters. The van der Waals surface area contributed by atoms with Gasteiger partial charge in [0, 0.05) is 25.9 Å². The van der Waals surface area contributed by atoms with Crippen LogP contribution in [0.2, 0.25) is 0 Å². The molecule has 1 fully saturated rings. The molecule has 1 aliphatic rings. The minimum atomic E-state index is 0.125. The Morgan fingerprint density at radius 2 is 2.00 bits per heavy atom. The normalized spacial score (nSPS) is 24.2. The van der Waals surface area contributed by atoms with E-state index in [9.17, 15) is 0 Å². The lowest BCUT2D eigenvalue weighted by molar-refractivity contribution is -0.0107. The monoisotopic (exact) mass is 187 g/mol. The van der Waals surface area contributed by atoms with E-state index in [0.717, 1.165) is 32.7 Å². The summed E-state index contributed by atoms with van der Waals surface area (Å²) in [5.41, 5.74) is 5.70. The zero-order chi connectivity index (χ0) is 9.68. The van der Waals surface area contributed by atoms with E-state index in [-0.39, 0.29) is 12.1 Å². The lowest BCUT2D eigenvalue weighted by atomic mass is 10.0. The Morgan fingerprint density at radius 3 is 2.54 bits per heavy atom. The van der Waals surface area contributed by atoms with Gasteiger partial charge in [0.25, 0.3) is 0 Å². The summed E-state index contributed by atoms with van der Waals surface area (Å²) in [5, 5.41) is 0. The van der Waals surface area contributed by atoms with E-state index >= 15 is 0 Å². The SMILES string of the molecule is CC(N)C(C)OCC1CCOCC1. The van der Waals surface area contributed by atoms with E-state index in [1.807, 2.05) is 13.8 Å². The fourth-order valence-electron chi connectivity index (χ4n) is 1.35. The lowest BCUT2D eigenvalue weighted by Gasteiger charge is -2.24. The molecule has 0 amide bonds. The third-order valence-corrected chi connectivity index (χ3v) is 2.68. The van der Waals surface area contributed by atoms with Gasteiger partial charge in [-0.25, -0.2) is 0 Å². The Labute approximate surface area is 80.6 Å². The smallest absolute Gasteiger partial charge is 0.0695 e. The van der Waals surface area contributed by atoms with Gasteiger partial charge in [-0.05, 0) is 32.6 Å². The average Bonchev–Trinajstić information content (AvgIpc) is 2.15. The molecule has 0 aromatic rings. The molecule has 1 heterocycles. The standard InChI is InChI=1S/C10H21NO2/c1-8(11)9(2)13-7-10-3-5-12-6-4-10/h8-10H,3-7,11H2,1-2H3.